The molecule has 0 spiro atoms. The first kappa shape index (κ1) is 33.1. The number of aryl methyl sites for hydroxylation is 1. The third-order valence-corrected chi connectivity index (χ3v) is 10.5. The summed E-state index contributed by atoms with van der Waals surface area (Å²) in [5.41, 5.74) is 1.35. The molecule has 0 heterocycles. The van der Waals surface area contributed by atoms with Crippen molar-refractivity contribution in [1.82, 2.24) is 10.2 Å². The summed E-state index contributed by atoms with van der Waals surface area (Å²) in [4.78, 5) is 29.5. The molecule has 7 nitrogen and oxygen atoms in total. The van der Waals surface area contributed by atoms with Gasteiger partial charge in [-0.15, -0.1) is 0 Å². The molecule has 1 fully saturated rings. The number of nitrogens with one attached hydrogen (secondary N) is 1. The van der Waals surface area contributed by atoms with Crippen LogP contribution in [0.25, 0.3) is 0 Å². The fraction of sp³-hybridized carbons (Fsp3) is 0.375. The summed E-state index contributed by atoms with van der Waals surface area (Å²) >= 11 is 19.2. The lowest BCUT2D eigenvalue weighted by Gasteiger charge is -2.35. The Labute approximate surface area is 269 Å². The van der Waals surface area contributed by atoms with E-state index in [1.807, 2.05) is 6.92 Å². The van der Waals surface area contributed by atoms with Crippen LogP contribution >= 0.6 is 34.8 Å². The average molecular weight is 665 g/mol. The van der Waals surface area contributed by atoms with E-state index >= 15 is 0 Å². The fourth-order valence-electron chi connectivity index (χ4n) is 5.45. The van der Waals surface area contributed by atoms with Crippen LogP contribution < -0.4 is 9.62 Å². The van der Waals surface area contributed by atoms with Gasteiger partial charge in [-0.25, -0.2) is 8.42 Å². The Morgan fingerprint density at radius 1 is 0.930 bits per heavy atom. The molecule has 3 aromatic carbocycles. The molecule has 1 N–H and O–H groups in total. The summed E-state index contributed by atoms with van der Waals surface area (Å²) in [6.07, 6.45) is 5.27. The van der Waals surface area contributed by atoms with E-state index in [1.54, 1.807) is 61.5 Å². The molecule has 0 bridgehead atoms. The van der Waals surface area contributed by atoms with Gasteiger partial charge in [-0.2, -0.15) is 0 Å². The summed E-state index contributed by atoms with van der Waals surface area (Å²) in [7, 11) is -4.19. The molecule has 230 valence electrons. The predicted molar refractivity (Wildman–Crippen MR) is 173 cm³/mol. The van der Waals surface area contributed by atoms with Crippen LogP contribution in [-0.2, 0) is 26.2 Å². The van der Waals surface area contributed by atoms with Crippen LogP contribution in [0.15, 0.2) is 71.6 Å². The molecule has 4 rings (SSSR count). The number of sulfonamides is 1. The van der Waals surface area contributed by atoms with Crippen LogP contribution in [-0.4, -0.2) is 43.8 Å². The van der Waals surface area contributed by atoms with E-state index in [9.17, 15) is 18.0 Å². The molecular weight excluding hydrogens is 629 g/mol. The monoisotopic (exact) mass is 663 g/mol. The minimum atomic E-state index is -4.19. The summed E-state index contributed by atoms with van der Waals surface area (Å²) in [5.74, 6) is -0.860. The molecule has 1 atom stereocenters. The summed E-state index contributed by atoms with van der Waals surface area (Å²) in [5, 5.41) is 4.25. The highest BCUT2D eigenvalue weighted by Crippen LogP contribution is 2.31. The molecule has 11 heteroatoms. The molecule has 0 aliphatic heterocycles. The second kappa shape index (κ2) is 14.8. The molecule has 3 aromatic rings. The van der Waals surface area contributed by atoms with Gasteiger partial charge in [0.1, 0.15) is 12.6 Å². The first-order valence-electron chi connectivity index (χ1n) is 14.4. The number of amides is 2. The molecule has 1 aliphatic rings. The van der Waals surface area contributed by atoms with Crippen molar-refractivity contribution in [2.24, 2.45) is 0 Å². The Balaban J connectivity index is 1.75. The second-order valence-corrected chi connectivity index (χ2v) is 13.9. The van der Waals surface area contributed by atoms with Crippen molar-refractivity contribution >= 4 is 62.3 Å². The van der Waals surface area contributed by atoms with Crippen LogP contribution in [0.3, 0.4) is 0 Å². The van der Waals surface area contributed by atoms with Gasteiger partial charge in [0.25, 0.3) is 10.0 Å². The van der Waals surface area contributed by atoms with Gasteiger partial charge < -0.3 is 10.2 Å². The van der Waals surface area contributed by atoms with Gasteiger partial charge in [-0.05, 0) is 74.2 Å². The highest BCUT2D eigenvalue weighted by molar-refractivity contribution is 7.92. The summed E-state index contributed by atoms with van der Waals surface area (Å²) in [6.45, 7) is 2.91. The van der Waals surface area contributed by atoms with Crippen molar-refractivity contribution in [2.45, 2.75) is 75.9 Å². The van der Waals surface area contributed by atoms with Crippen LogP contribution in [0, 0.1) is 6.92 Å². The highest BCUT2D eigenvalue weighted by atomic mass is 35.5. The summed E-state index contributed by atoms with van der Waals surface area (Å²) in [6, 6.07) is 16.9. The summed E-state index contributed by atoms with van der Waals surface area (Å²) < 4.78 is 29.1. The van der Waals surface area contributed by atoms with Crippen molar-refractivity contribution in [3.63, 3.8) is 0 Å². The lowest BCUT2D eigenvalue weighted by atomic mass is 9.95. The number of anilines is 1. The molecule has 43 heavy (non-hydrogen) atoms. The Morgan fingerprint density at radius 2 is 1.58 bits per heavy atom. The Hall–Kier alpha value is -2.78. The van der Waals surface area contributed by atoms with E-state index in [-0.39, 0.29) is 23.4 Å². The molecule has 0 aromatic heterocycles. The topological polar surface area (TPSA) is 86.8 Å². The van der Waals surface area contributed by atoms with E-state index < -0.39 is 28.5 Å². The molecular formula is C32H36Cl3N3O4S. The fourth-order valence-corrected chi connectivity index (χ4v) is 7.69. The number of halogens is 3. The minimum Gasteiger partial charge on any atom is -0.352 e. The van der Waals surface area contributed by atoms with Gasteiger partial charge in [0.2, 0.25) is 11.8 Å². The average Bonchev–Trinajstić information content (AvgIpc) is 2.98. The minimum absolute atomic E-state index is 0.0277. The standard InChI is InChI=1S/C32H36Cl3N3O4S/c1-3-29(32(40)36-24-11-6-4-7-12-24)37(20-26-27(34)15-10-16-28(26)35)31(39)21-38(30-18-17-23(33)19-22(30)2)43(41,42)25-13-8-5-9-14-25/h5,8-10,13-19,24,29H,3-4,6-7,11-12,20-21H2,1-2H3,(H,36,40). The molecule has 0 radical (unpaired) electrons. The predicted octanol–water partition coefficient (Wildman–Crippen LogP) is 7.41. The van der Waals surface area contributed by atoms with Crippen molar-refractivity contribution in [3.05, 3.63) is 92.9 Å². The molecule has 2 amide bonds. The van der Waals surface area contributed by atoms with Gasteiger partial charge in [0.15, 0.2) is 0 Å². The lowest BCUT2D eigenvalue weighted by molar-refractivity contribution is -0.140. The van der Waals surface area contributed by atoms with Crippen molar-refractivity contribution in [2.75, 3.05) is 10.8 Å². The lowest BCUT2D eigenvalue weighted by Crippen LogP contribution is -2.54. The first-order chi connectivity index (χ1) is 20.5. The van der Waals surface area contributed by atoms with Crippen molar-refractivity contribution in [3.8, 4) is 0 Å². The zero-order valence-electron chi connectivity index (χ0n) is 24.2. The smallest absolute Gasteiger partial charge is 0.264 e. The number of carbonyl (C=O) groups excluding carboxylic acids is 2. The van der Waals surface area contributed by atoms with Crippen LogP contribution in [0.1, 0.15) is 56.6 Å². The van der Waals surface area contributed by atoms with Crippen LogP contribution in [0.4, 0.5) is 5.69 Å². The van der Waals surface area contributed by atoms with E-state index in [0.717, 1.165) is 36.4 Å². The Kier molecular flexibility index (Phi) is 11.4. The van der Waals surface area contributed by atoms with Crippen molar-refractivity contribution < 1.29 is 18.0 Å². The van der Waals surface area contributed by atoms with Crippen LogP contribution in [0.2, 0.25) is 15.1 Å². The van der Waals surface area contributed by atoms with E-state index in [2.05, 4.69) is 5.32 Å². The maximum atomic E-state index is 14.3. The SMILES string of the molecule is CCC(C(=O)NC1CCCCC1)N(Cc1c(Cl)cccc1Cl)C(=O)CN(c1ccc(Cl)cc1C)S(=O)(=O)c1ccccc1. The van der Waals surface area contributed by atoms with E-state index in [4.69, 9.17) is 34.8 Å². The van der Waals surface area contributed by atoms with Crippen LogP contribution in [0.5, 0.6) is 0 Å². The number of rotatable bonds is 11. The van der Waals surface area contributed by atoms with Gasteiger partial charge in [-0.3, -0.25) is 13.9 Å². The van der Waals surface area contributed by atoms with Crippen molar-refractivity contribution in [1.29, 1.82) is 0 Å². The van der Waals surface area contributed by atoms with E-state index in [1.165, 1.54) is 17.0 Å². The third kappa shape index (κ3) is 8.04. The number of carbonyl (C=O) groups is 2. The number of benzene rings is 3. The largest absolute Gasteiger partial charge is 0.352 e. The van der Waals surface area contributed by atoms with Gasteiger partial charge in [0, 0.05) is 33.2 Å². The van der Waals surface area contributed by atoms with E-state index in [0.29, 0.717) is 38.3 Å². The van der Waals surface area contributed by atoms with Gasteiger partial charge in [0.05, 0.1) is 10.6 Å². The Morgan fingerprint density at radius 3 is 2.19 bits per heavy atom. The van der Waals surface area contributed by atoms with Gasteiger partial charge >= 0.3 is 0 Å². The number of nitrogens with zero attached hydrogens (tertiary/aromatic N) is 2. The highest BCUT2D eigenvalue weighted by Gasteiger charge is 2.35. The molecule has 1 aliphatic carbocycles. The third-order valence-electron chi connectivity index (χ3n) is 7.77. The zero-order valence-corrected chi connectivity index (χ0v) is 27.3. The maximum absolute atomic E-state index is 14.3. The van der Waals surface area contributed by atoms with Gasteiger partial charge in [-0.1, -0.05) is 85.3 Å². The first-order valence-corrected chi connectivity index (χ1v) is 17.0. The zero-order chi connectivity index (χ0) is 31.1. The molecule has 1 unspecified atom stereocenters. The number of hydrogen-bond acceptors (Lipinski definition) is 4. The quantitative estimate of drug-likeness (QED) is 0.231. The normalized spacial score (nSPS) is 14.6. The second-order valence-electron chi connectivity index (χ2n) is 10.7. The number of hydrogen-bond donors (Lipinski definition) is 1. The molecule has 1 saturated carbocycles. The molecule has 0 saturated heterocycles. The Bertz CT molecular complexity index is 1530. The maximum Gasteiger partial charge on any atom is 0.264 e.